The van der Waals surface area contributed by atoms with E-state index in [4.69, 9.17) is 4.74 Å². The number of benzene rings is 2. The first-order valence-corrected chi connectivity index (χ1v) is 6.39. The maximum atomic E-state index is 11.0. The maximum absolute atomic E-state index is 11.0. The first-order chi connectivity index (χ1) is 9.70. The zero-order valence-electron chi connectivity index (χ0n) is 11.2. The minimum absolute atomic E-state index is 0.0254. The monoisotopic (exact) mass is 272 g/mol. The van der Waals surface area contributed by atoms with Crippen LogP contribution in [0.3, 0.4) is 0 Å². The van der Waals surface area contributed by atoms with Crippen LogP contribution in [-0.4, -0.2) is 11.5 Å². The third kappa shape index (κ3) is 3.47. The van der Waals surface area contributed by atoms with Crippen molar-refractivity contribution in [3.63, 3.8) is 0 Å². The Labute approximate surface area is 117 Å². The lowest BCUT2D eigenvalue weighted by Crippen LogP contribution is -2.02. The Morgan fingerprint density at radius 3 is 2.60 bits per heavy atom. The van der Waals surface area contributed by atoms with Crippen molar-refractivity contribution in [3.05, 3.63) is 64.2 Å². The second-order valence-corrected chi connectivity index (χ2v) is 4.24. The molecule has 0 unspecified atom stereocenters. The van der Waals surface area contributed by atoms with Crippen LogP contribution >= 0.6 is 0 Å². The van der Waals surface area contributed by atoms with E-state index in [1.807, 2.05) is 37.3 Å². The van der Waals surface area contributed by atoms with Gasteiger partial charge in [0, 0.05) is 6.54 Å². The molecule has 2 aromatic carbocycles. The Morgan fingerprint density at radius 1 is 1.20 bits per heavy atom. The molecule has 0 aliphatic heterocycles. The lowest BCUT2D eigenvalue weighted by Gasteiger charge is -2.09. The molecule has 0 heterocycles. The fraction of sp³-hybridized carbons (Fsp3) is 0.200. The molecule has 0 saturated carbocycles. The van der Waals surface area contributed by atoms with Gasteiger partial charge < -0.3 is 10.1 Å². The van der Waals surface area contributed by atoms with Gasteiger partial charge in [0.15, 0.2) is 0 Å². The Bertz CT molecular complexity index is 585. The molecule has 1 N–H and O–H groups in total. The summed E-state index contributed by atoms with van der Waals surface area (Å²) in [6.07, 6.45) is 0. The minimum Gasteiger partial charge on any atom is -0.489 e. The van der Waals surface area contributed by atoms with Crippen molar-refractivity contribution in [2.75, 3.05) is 11.9 Å². The molecule has 0 spiro atoms. The number of rotatable bonds is 6. The number of anilines is 1. The Balaban J connectivity index is 2.13. The van der Waals surface area contributed by atoms with Crippen molar-refractivity contribution < 1.29 is 9.66 Å². The molecule has 5 nitrogen and oxygen atoms in total. The van der Waals surface area contributed by atoms with Crippen LogP contribution in [0.15, 0.2) is 48.5 Å². The highest BCUT2D eigenvalue weighted by Gasteiger charge is 2.14. The number of nitro groups is 1. The van der Waals surface area contributed by atoms with Crippen molar-refractivity contribution in [2.45, 2.75) is 13.5 Å². The van der Waals surface area contributed by atoms with Crippen molar-refractivity contribution in [3.8, 4) is 5.75 Å². The van der Waals surface area contributed by atoms with Gasteiger partial charge in [-0.1, -0.05) is 30.3 Å². The Morgan fingerprint density at radius 2 is 1.95 bits per heavy atom. The van der Waals surface area contributed by atoms with E-state index in [1.165, 1.54) is 6.07 Å². The molecule has 0 radical (unpaired) electrons. The predicted octanol–water partition coefficient (Wildman–Crippen LogP) is 3.61. The van der Waals surface area contributed by atoms with Crippen molar-refractivity contribution >= 4 is 11.4 Å². The molecule has 104 valence electrons. The molecule has 0 aromatic heterocycles. The Hall–Kier alpha value is -2.56. The van der Waals surface area contributed by atoms with E-state index in [1.54, 1.807) is 12.1 Å². The SMILES string of the molecule is CCNc1ccc(OCc2ccccc2)cc1[N+](=O)[O-]. The average molecular weight is 272 g/mol. The van der Waals surface area contributed by atoms with Gasteiger partial charge in [0.1, 0.15) is 18.0 Å². The minimum atomic E-state index is -0.409. The van der Waals surface area contributed by atoms with E-state index in [0.29, 0.717) is 24.6 Å². The van der Waals surface area contributed by atoms with E-state index in [0.717, 1.165) is 5.56 Å². The van der Waals surface area contributed by atoms with Gasteiger partial charge in [0.05, 0.1) is 11.0 Å². The number of hydrogen-bond acceptors (Lipinski definition) is 4. The summed E-state index contributed by atoms with van der Waals surface area (Å²) in [4.78, 5) is 10.6. The van der Waals surface area contributed by atoms with E-state index in [-0.39, 0.29) is 5.69 Å². The van der Waals surface area contributed by atoms with Gasteiger partial charge in [-0.05, 0) is 24.6 Å². The average Bonchev–Trinajstić information content (AvgIpc) is 2.47. The fourth-order valence-electron chi connectivity index (χ4n) is 1.83. The topological polar surface area (TPSA) is 64.4 Å². The second-order valence-electron chi connectivity index (χ2n) is 4.24. The molecule has 5 heteroatoms. The summed E-state index contributed by atoms with van der Waals surface area (Å²) >= 11 is 0. The Kier molecular flexibility index (Phi) is 4.55. The molecule has 0 aliphatic carbocycles. The second kappa shape index (κ2) is 6.56. The summed E-state index contributed by atoms with van der Waals surface area (Å²) in [5.41, 5.74) is 1.55. The highest BCUT2D eigenvalue weighted by atomic mass is 16.6. The molecular formula is C15H16N2O3. The first kappa shape index (κ1) is 13.9. The highest BCUT2D eigenvalue weighted by molar-refractivity contribution is 5.63. The van der Waals surface area contributed by atoms with Gasteiger partial charge in [-0.2, -0.15) is 0 Å². The summed E-state index contributed by atoms with van der Waals surface area (Å²) < 4.78 is 5.58. The largest absolute Gasteiger partial charge is 0.489 e. The summed E-state index contributed by atoms with van der Waals surface area (Å²) in [5.74, 6) is 0.488. The van der Waals surface area contributed by atoms with Crippen LogP contribution in [0.1, 0.15) is 12.5 Å². The number of ether oxygens (including phenoxy) is 1. The third-order valence-electron chi connectivity index (χ3n) is 2.78. The normalized spacial score (nSPS) is 10.1. The van der Waals surface area contributed by atoms with E-state index >= 15 is 0 Å². The number of nitro benzene ring substituents is 1. The summed E-state index contributed by atoms with van der Waals surface area (Å²) in [6, 6.07) is 14.5. The summed E-state index contributed by atoms with van der Waals surface area (Å²) in [5, 5.41) is 14.0. The van der Waals surface area contributed by atoms with Crippen LogP contribution < -0.4 is 10.1 Å². The molecule has 0 aliphatic rings. The molecule has 0 amide bonds. The molecule has 2 aromatic rings. The van der Waals surface area contributed by atoms with Gasteiger partial charge in [-0.15, -0.1) is 0 Å². The van der Waals surface area contributed by atoms with E-state index in [2.05, 4.69) is 5.32 Å². The zero-order valence-corrected chi connectivity index (χ0v) is 11.2. The molecule has 0 saturated heterocycles. The van der Waals surface area contributed by atoms with Gasteiger partial charge in [0.2, 0.25) is 0 Å². The van der Waals surface area contributed by atoms with Crippen molar-refractivity contribution in [1.82, 2.24) is 0 Å². The van der Waals surface area contributed by atoms with Crippen LogP contribution in [0.25, 0.3) is 0 Å². The quantitative estimate of drug-likeness (QED) is 0.644. The van der Waals surface area contributed by atoms with E-state index < -0.39 is 4.92 Å². The first-order valence-electron chi connectivity index (χ1n) is 6.39. The van der Waals surface area contributed by atoms with Crippen LogP contribution in [0.5, 0.6) is 5.75 Å². The third-order valence-corrected chi connectivity index (χ3v) is 2.78. The number of hydrogen-bond donors (Lipinski definition) is 1. The lowest BCUT2D eigenvalue weighted by atomic mass is 10.2. The molecule has 0 bridgehead atoms. The zero-order chi connectivity index (χ0) is 14.4. The predicted molar refractivity (Wildman–Crippen MR) is 78.0 cm³/mol. The van der Waals surface area contributed by atoms with Crippen LogP contribution in [-0.2, 0) is 6.61 Å². The summed E-state index contributed by atoms with van der Waals surface area (Å²) in [7, 11) is 0. The van der Waals surface area contributed by atoms with Gasteiger partial charge in [-0.25, -0.2) is 0 Å². The summed E-state index contributed by atoms with van der Waals surface area (Å²) in [6.45, 7) is 2.91. The smallest absolute Gasteiger partial charge is 0.296 e. The molecule has 20 heavy (non-hydrogen) atoms. The standard InChI is InChI=1S/C15H16N2O3/c1-2-16-14-9-8-13(10-15(14)17(18)19)20-11-12-6-4-3-5-7-12/h3-10,16H,2,11H2,1H3. The van der Waals surface area contributed by atoms with Gasteiger partial charge >= 0.3 is 0 Å². The van der Waals surface area contributed by atoms with Crippen LogP contribution in [0.4, 0.5) is 11.4 Å². The molecular weight excluding hydrogens is 256 g/mol. The van der Waals surface area contributed by atoms with Crippen LogP contribution in [0.2, 0.25) is 0 Å². The highest BCUT2D eigenvalue weighted by Crippen LogP contribution is 2.29. The fourth-order valence-corrected chi connectivity index (χ4v) is 1.83. The lowest BCUT2D eigenvalue weighted by molar-refractivity contribution is -0.384. The number of nitrogens with zero attached hydrogens (tertiary/aromatic N) is 1. The number of nitrogens with one attached hydrogen (secondary N) is 1. The molecule has 0 fully saturated rings. The molecule has 2 rings (SSSR count). The van der Waals surface area contributed by atoms with Gasteiger partial charge in [0.25, 0.3) is 5.69 Å². The van der Waals surface area contributed by atoms with Gasteiger partial charge in [-0.3, -0.25) is 10.1 Å². The van der Waals surface area contributed by atoms with Crippen molar-refractivity contribution in [1.29, 1.82) is 0 Å². The maximum Gasteiger partial charge on any atom is 0.296 e. The van der Waals surface area contributed by atoms with E-state index in [9.17, 15) is 10.1 Å². The van der Waals surface area contributed by atoms with Crippen molar-refractivity contribution in [2.24, 2.45) is 0 Å². The van der Waals surface area contributed by atoms with Crippen LogP contribution in [0, 0.1) is 10.1 Å². The molecule has 0 atom stereocenters.